The molecular formula is C19H17N5O4. The Morgan fingerprint density at radius 2 is 2.04 bits per heavy atom. The molecule has 9 heteroatoms. The van der Waals surface area contributed by atoms with Crippen molar-refractivity contribution < 1.29 is 14.3 Å². The normalized spacial score (nSPS) is 13.0. The van der Waals surface area contributed by atoms with Crippen LogP contribution in [0.4, 0.5) is 11.4 Å². The zero-order valence-corrected chi connectivity index (χ0v) is 14.8. The average molecular weight is 379 g/mol. The Bertz CT molecular complexity index is 1090. The van der Waals surface area contributed by atoms with Crippen molar-refractivity contribution in [3.8, 4) is 11.4 Å². The summed E-state index contributed by atoms with van der Waals surface area (Å²) in [6.45, 7) is 0.200. The molecule has 0 saturated carbocycles. The number of H-pyrrole nitrogens is 1. The van der Waals surface area contributed by atoms with E-state index in [0.717, 1.165) is 0 Å². The van der Waals surface area contributed by atoms with E-state index in [9.17, 15) is 14.4 Å². The van der Waals surface area contributed by atoms with Crippen molar-refractivity contribution in [3.05, 3.63) is 65.3 Å². The molecule has 0 bridgehead atoms. The highest BCUT2D eigenvalue weighted by Crippen LogP contribution is 2.31. The fourth-order valence-corrected chi connectivity index (χ4v) is 3.00. The number of aromatic nitrogens is 3. The van der Waals surface area contributed by atoms with Gasteiger partial charge in [0.15, 0.2) is 6.61 Å². The molecule has 0 unspecified atom stereocenters. The minimum absolute atomic E-state index is 0.0415. The number of benzene rings is 2. The second kappa shape index (κ2) is 7.39. The van der Waals surface area contributed by atoms with Gasteiger partial charge in [0.05, 0.1) is 11.4 Å². The number of ether oxygens (including phenoxy) is 1. The maximum Gasteiger partial charge on any atom is 0.347 e. The summed E-state index contributed by atoms with van der Waals surface area (Å²) in [4.78, 5) is 37.8. The Balaban J connectivity index is 1.42. The molecule has 28 heavy (non-hydrogen) atoms. The second-order valence-electron chi connectivity index (χ2n) is 6.18. The van der Waals surface area contributed by atoms with Crippen molar-refractivity contribution in [3.63, 3.8) is 0 Å². The van der Waals surface area contributed by atoms with E-state index in [-0.39, 0.29) is 37.1 Å². The number of rotatable bonds is 5. The van der Waals surface area contributed by atoms with E-state index in [1.54, 1.807) is 41.3 Å². The first kappa shape index (κ1) is 17.5. The number of carbonyl (C=O) groups is 2. The van der Waals surface area contributed by atoms with Crippen molar-refractivity contribution in [2.24, 2.45) is 0 Å². The quantitative estimate of drug-likeness (QED) is 0.695. The number of aromatic amines is 1. The number of hydrogen-bond acceptors (Lipinski definition) is 5. The van der Waals surface area contributed by atoms with Gasteiger partial charge in [0.2, 0.25) is 5.91 Å². The van der Waals surface area contributed by atoms with Gasteiger partial charge in [-0.1, -0.05) is 18.2 Å². The summed E-state index contributed by atoms with van der Waals surface area (Å²) in [5, 5.41) is 8.79. The molecule has 0 radical (unpaired) electrons. The first-order valence-corrected chi connectivity index (χ1v) is 8.66. The van der Waals surface area contributed by atoms with E-state index in [1.807, 2.05) is 12.1 Å². The van der Waals surface area contributed by atoms with Crippen molar-refractivity contribution in [1.82, 2.24) is 14.8 Å². The molecule has 0 atom stereocenters. The standard InChI is InChI=1S/C19H17N5O4/c25-17(8-9-23-15-6-1-2-7-16(15)28-11-18(23)26)21-13-4-3-5-14(10-13)24-12-20-22-19(24)27/h1-7,10,12H,8-9,11H2,(H,21,25)(H,22,27). The predicted octanol–water partition coefficient (Wildman–Crippen LogP) is 1.31. The van der Waals surface area contributed by atoms with Crippen LogP contribution in [0, 0.1) is 0 Å². The van der Waals surface area contributed by atoms with Crippen LogP contribution in [0.2, 0.25) is 0 Å². The number of nitrogens with zero attached hydrogens (tertiary/aromatic N) is 3. The third kappa shape index (κ3) is 3.50. The smallest absolute Gasteiger partial charge is 0.347 e. The average Bonchev–Trinajstić information content (AvgIpc) is 3.13. The molecule has 1 aliphatic heterocycles. The van der Waals surface area contributed by atoms with Crippen molar-refractivity contribution in [2.75, 3.05) is 23.4 Å². The van der Waals surface area contributed by atoms with Crippen molar-refractivity contribution in [1.29, 1.82) is 0 Å². The Morgan fingerprint density at radius 3 is 2.86 bits per heavy atom. The van der Waals surface area contributed by atoms with Crippen LogP contribution in [0.5, 0.6) is 5.75 Å². The van der Waals surface area contributed by atoms with Gasteiger partial charge in [0.1, 0.15) is 12.1 Å². The van der Waals surface area contributed by atoms with Crippen LogP contribution < -0.4 is 20.6 Å². The first-order valence-electron chi connectivity index (χ1n) is 8.66. The first-order chi connectivity index (χ1) is 13.6. The van der Waals surface area contributed by atoms with E-state index >= 15 is 0 Å². The maximum absolute atomic E-state index is 12.4. The summed E-state index contributed by atoms with van der Waals surface area (Å²) >= 11 is 0. The summed E-state index contributed by atoms with van der Waals surface area (Å²) in [6.07, 6.45) is 1.49. The third-order valence-electron chi connectivity index (χ3n) is 4.33. The number of nitrogens with one attached hydrogen (secondary N) is 2. The van der Waals surface area contributed by atoms with Crippen LogP contribution in [0.1, 0.15) is 6.42 Å². The van der Waals surface area contributed by atoms with E-state index in [4.69, 9.17) is 4.74 Å². The SMILES string of the molecule is O=C(CCN1C(=O)COc2ccccc21)Nc1cccc(-n2cn[nH]c2=O)c1. The molecule has 3 aromatic rings. The summed E-state index contributed by atoms with van der Waals surface area (Å²) < 4.78 is 6.73. The van der Waals surface area contributed by atoms with Gasteiger partial charge in [-0.25, -0.2) is 14.5 Å². The van der Waals surface area contributed by atoms with Gasteiger partial charge in [-0.3, -0.25) is 9.59 Å². The molecule has 0 saturated heterocycles. The molecule has 0 spiro atoms. The number of amides is 2. The molecule has 1 aliphatic rings. The highest BCUT2D eigenvalue weighted by Gasteiger charge is 2.25. The molecule has 2 N–H and O–H groups in total. The second-order valence-corrected chi connectivity index (χ2v) is 6.18. The third-order valence-corrected chi connectivity index (χ3v) is 4.33. The molecule has 0 fully saturated rings. The number of anilines is 2. The molecular weight excluding hydrogens is 362 g/mol. The highest BCUT2D eigenvalue weighted by atomic mass is 16.5. The van der Waals surface area contributed by atoms with E-state index in [1.165, 1.54) is 10.9 Å². The lowest BCUT2D eigenvalue weighted by Gasteiger charge is -2.29. The van der Waals surface area contributed by atoms with Gasteiger partial charge in [0.25, 0.3) is 5.91 Å². The molecule has 2 heterocycles. The predicted molar refractivity (Wildman–Crippen MR) is 102 cm³/mol. The largest absolute Gasteiger partial charge is 0.482 e. The molecule has 142 valence electrons. The van der Waals surface area contributed by atoms with Gasteiger partial charge in [-0.05, 0) is 30.3 Å². The zero-order valence-electron chi connectivity index (χ0n) is 14.8. The van der Waals surface area contributed by atoms with Crippen LogP contribution in [0.3, 0.4) is 0 Å². The summed E-state index contributed by atoms with van der Waals surface area (Å²) in [5.41, 5.74) is 1.42. The lowest BCUT2D eigenvalue weighted by Crippen LogP contribution is -2.40. The fraction of sp³-hybridized carbons (Fsp3) is 0.158. The molecule has 0 aliphatic carbocycles. The summed E-state index contributed by atoms with van der Waals surface area (Å²) in [7, 11) is 0. The number of fused-ring (bicyclic) bond motifs is 1. The number of hydrogen-bond donors (Lipinski definition) is 2. The van der Waals surface area contributed by atoms with Gasteiger partial charge in [0, 0.05) is 18.7 Å². The van der Waals surface area contributed by atoms with Gasteiger partial charge < -0.3 is 15.0 Å². The fourth-order valence-electron chi connectivity index (χ4n) is 3.00. The molecule has 1 aromatic heterocycles. The zero-order chi connectivity index (χ0) is 19.5. The van der Waals surface area contributed by atoms with E-state index < -0.39 is 0 Å². The lowest BCUT2D eigenvalue weighted by atomic mass is 10.2. The van der Waals surface area contributed by atoms with Gasteiger partial charge >= 0.3 is 5.69 Å². The minimum atomic E-state index is -0.368. The lowest BCUT2D eigenvalue weighted by molar-refractivity contribution is -0.121. The number of para-hydroxylation sites is 2. The van der Waals surface area contributed by atoms with E-state index in [0.29, 0.717) is 22.8 Å². The van der Waals surface area contributed by atoms with Crippen LogP contribution in [-0.4, -0.2) is 39.7 Å². The molecule has 2 aromatic carbocycles. The topological polar surface area (TPSA) is 109 Å². The van der Waals surface area contributed by atoms with E-state index in [2.05, 4.69) is 15.5 Å². The van der Waals surface area contributed by atoms with Crippen molar-refractivity contribution in [2.45, 2.75) is 6.42 Å². The van der Waals surface area contributed by atoms with Crippen LogP contribution in [0.15, 0.2) is 59.7 Å². The highest BCUT2D eigenvalue weighted by molar-refractivity contribution is 5.99. The Labute approximate surface area is 159 Å². The molecule has 9 nitrogen and oxygen atoms in total. The minimum Gasteiger partial charge on any atom is -0.482 e. The van der Waals surface area contributed by atoms with Crippen LogP contribution in [-0.2, 0) is 9.59 Å². The number of carbonyl (C=O) groups excluding carboxylic acids is 2. The van der Waals surface area contributed by atoms with Gasteiger partial charge in [-0.15, -0.1) is 0 Å². The van der Waals surface area contributed by atoms with Crippen molar-refractivity contribution >= 4 is 23.2 Å². The molecule has 2 amide bonds. The van der Waals surface area contributed by atoms with Gasteiger partial charge in [-0.2, -0.15) is 5.10 Å². The maximum atomic E-state index is 12.4. The monoisotopic (exact) mass is 379 g/mol. The Hall–Kier alpha value is -3.88. The Morgan fingerprint density at radius 1 is 1.18 bits per heavy atom. The Kier molecular flexibility index (Phi) is 4.63. The molecule has 4 rings (SSSR count). The summed E-state index contributed by atoms with van der Waals surface area (Å²) in [5.74, 6) is 0.196. The van der Waals surface area contributed by atoms with Crippen LogP contribution >= 0.6 is 0 Å². The summed E-state index contributed by atoms with van der Waals surface area (Å²) in [6, 6.07) is 14.1. The van der Waals surface area contributed by atoms with Crippen LogP contribution in [0.25, 0.3) is 5.69 Å².